The van der Waals surface area contributed by atoms with Crippen LogP contribution in [-0.4, -0.2) is 41.4 Å². The number of rotatable bonds is 5. The molecule has 0 aliphatic rings. The van der Waals surface area contributed by atoms with Crippen molar-refractivity contribution in [3.05, 3.63) is 24.0 Å². The Bertz CT molecular complexity index is 576. The van der Waals surface area contributed by atoms with E-state index >= 15 is 0 Å². The van der Waals surface area contributed by atoms with Crippen molar-refractivity contribution < 1.29 is 9.53 Å². The Balaban J connectivity index is 0.00000576. The highest BCUT2D eigenvalue weighted by atomic mass is 127. The second kappa shape index (κ2) is 9.88. The van der Waals surface area contributed by atoms with Crippen LogP contribution in [0.3, 0.4) is 0 Å². The van der Waals surface area contributed by atoms with Crippen LogP contribution < -0.4 is 16.0 Å². The third kappa shape index (κ3) is 10.2. The molecule has 0 bridgehead atoms. The minimum Gasteiger partial charge on any atom is -0.444 e. The zero-order chi connectivity index (χ0) is 18.4. The highest BCUT2D eigenvalue weighted by Crippen LogP contribution is 2.09. The molecule has 3 N–H and O–H groups in total. The van der Waals surface area contributed by atoms with Crippen LogP contribution in [0.1, 0.15) is 40.2 Å². The van der Waals surface area contributed by atoms with Gasteiger partial charge in [0.1, 0.15) is 5.60 Å². The number of nitrogens with zero attached hydrogens (tertiary/aromatic N) is 2. The number of amides is 1. The Hall–Kier alpha value is -1.45. The Kier molecular flexibility index (Phi) is 9.31. The second-order valence-corrected chi connectivity index (χ2v) is 7.48. The molecule has 25 heavy (non-hydrogen) atoms. The Labute approximate surface area is 168 Å². The van der Waals surface area contributed by atoms with E-state index in [1.807, 2.05) is 64.7 Å². The number of carbonyl (C=O) groups excluding carboxylic acids is 1. The number of aromatic nitrogens is 1. The number of alkyl carbamates (subject to hydrolysis) is 1. The maximum absolute atomic E-state index is 11.9. The number of carbonyl (C=O) groups is 1. The molecule has 1 amide bonds. The van der Waals surface area contributed by atoms with E-state index in [0.717, 1.165) is 0 Å². The molecule has 0 aliphatic heterocycles. The van der Waals surface area contributed by atoms with Crippen molar-refractivity contribution in [2.75, 3.05) is 13.6 Å². The highest BCUT2D eigenvalue weighted by molar-refractivity contribution is 14.0. The van der Waals surface area contributed by atoms with E-state index in [9.17, 15) is 4.79 Å². The minimum atomic E-state index is -0.513. The van der Waals surface area contributed by atoms with Crippen LogP contribution in [0, 0.1) is 0 Å². The molecule has 0 atom stereocenters. The summed E-state index contributed by atoms with van der Waals surface area (Å²) in [5.41, 5.74) is 0.180. The zero-order valence-electron chi connectivity index (χ0n) is 16.3. The molecular weight excluding hydrogens is 433 g/mol. The molecule has 0 saturated carbocycles. The van der Waals surface area contributed by atoms with Crippen LogP contribution in [0.2, 0.25) is 0 Å². The number of ether oxygens (including phenoxy) is 1. The smallest absolute Gasteiger partial charge is 0.408 e. The lowest BCUT2D eigenvalue weighted by Crippen LogP contribution is -2.54. The van der Waals surface area contributed by atoms with E-state index < -0.39 is 17.2 Å². The zero-order valence-corrected chi connectivity index (χ0v) is 18.6. The highest BCUT2D eigenvalue weighted by Gasteiger charge is 2.24. The summed E-state index contributed by atoms with van der Waals surface area (Å²) in [5.74, 6) is 0.679. The van der Waals surface area contributed by atoms with Gasteiger partial charge < -0.3 is 25.3 Å². The molecule has 0 fully saturated rings. The molecular formula is C17H32IN5O2. The monoisotopic (exact) mass is 465 g/mol. The number of hydrogen-bond acceptors (Lipinski definition) is 3. The largest absolute Gasteiger partial charge is 0.444 e. The molecule has 0 spiro atoms. The van der Waals surface area contributed by atoms with Gasteiger partial charge in [-0.25, -0.2) is 4.79 Å². The fourth-order valence-corrected chi connectivity index (χ4v) is 2.00. The van der Waals surface area contributed by atoms with Crippen LogP contribution in [0.4, 0.5) is 4.79 Å². The van der Waals surface area contributed by atoms with Gasteiger partial charge in [0.05, 0.1) is 5.54 Å². The first-order chi connectivity index (χ1) is 11.0. The Morgan fingerprint density at radius 2 is 1.88 bits per heavy atom. The third-order valence-electron chi connectivity index (χ3n) is 3.11. The average Bonchev–Trinajstić information content (AvgIpc) is 2.81. The molecule has 0 unspecified atom stereocenters. The molecule has 0 radical (unpaired) electrons. The molecule has 1 rings (SSSR count). The fraction of sp³-hybridized carbons (Fsp3) is 0.647. The maximum atomic E-state index is 11.9. The van der Waals surface area contributed by atoms with Gasteiger partial charge in [0.15, 0.2) is 5.96 Å². The van der Waals surface area contributed by atoms with Gasteiger partial charge in [-0.1, -0.05) is 0 Å². The number of aliphatic imine (C=N–C) groups is 1. The predicted molar refractivity (Wildman–Crippen MR) is 112 cm³/mol. The Morgan fingerprint density at radius 1 is 1.24 bits per heavy atom. The number of nitrogens with one attached hydrogen (secondary N) is 3. The summed E-state index contributed by atoms with van der Waals surface area (Å²) < 4.78 is 7.29. The van der Waals surface area contributed by atoms with Crippen molar-refractivity contribution in [1.82, 2.24) is 20.5 Å². The first kappa shape index (κ1) is 23.5. The Morgan fingerprint density at radius 3 is 2.36 bits per heavy atom. The van der Waals surface area contributed by atoms with Gasteiger partial charge in [-0.3, -0.25) is 4.99 Å². The van der Waals surface area contributed by atoms with Gasteiger partial charge in [-0.2, -0.15) is 0 Å². The van der Waals surface area contributed by atoms with E-state index in [1.54, 1.807) is 7.05 Å². The minimum absolute atomic E-state index is 0. The second-order valence-electron chi connectivity index (χ2n) is 7.48. The van der Waals surface area contributed by atoms with E-state index in [4.69, 9.17) is 4.74 Å². The van der Waals surface area contributed by atoms with Gasteiger partial charge in [0.25, 0.3) is 0 Å². The van der Waals surface area contributed by atoms with Crippen LogP contribution in [0.15, 0.2) is 23.5 Å². The van der Waals surface area contributed by atoms with E-state index in [-0.39, 0.29) is 24.0 Å². The normalized spacial score (nSPS) is 12.2. The quantitative estimate of drug-likeness (QED) is 0.355. The molecule has 0 aliphatic carbocycles. The maximum Gasteiger partial charge on any atom is 0.408 e. The van der Waals surface area contributed by atoms with Gasteiger partial charge in [0.2, 0.25) is 0 Å². The van der Waals surface area contributed by atoms with Crippen LogP contribution >= 0.6 is 24.0 Å². The molecule has 7 nitrogen and oxygen atoms in total. The number of halogens is 1. The molecule has 1 aromatic rings. The fourth-order valence-electron chi connectivity index (χ4n) is 2.00. The molecule has 1 heterocycles. The molecule has 144 valence electrons. The SMILES string of the molecule is CN=C(NCc1ccn(C)c1)NCC(C)(C)NC(=O)OC(C)(C)C.I. The van der Waals surface area contributed by atoms with Gasteiger partial charge in [-0.05, 0) is 46.2 Å². The summed E-state index contributed by atoms with van der Waals surface area (Å²) >= 11 is 0. The average molecular weight is 465 g/mol. The first-order valence-electron chi connectivity index (χ1n) is 8.07. The number of hydrogen-bond donors (Lipinski definition) is 3. The van der Waals surface area contributed by atoms with Crippen molar-refractivity contribution in [2.24, 2.45) is 12.0 Å². The van der Waals surface area contributed by atoms with Crippen molar-refractivity contribution in [3.63, 3.8) is 0 Å². The number of aryl methyl sites for hydroxylation is 1. The lowest BCUT2D eigenvalue weighted by molar-refractivity contribution is 0.0474. The van der Waals surface area contributed by atoms with Crippen molar-refractivity contribution >= 4 is 36.0 Å². The summed E-state index contributed by atoms with van der Waals surface area (Å²) in [5, 5.41) is 9.32. The molecule has 8 heteroatoms. The van der Waals surface area contributed by atoms with Crippen molar-refractivity contribution in [3.8, 4) is 0 Å². The summed E-state index contributed by atoms with van der Waals surface area (Å²) in [6.45, 7) is 10.6. The summed E-state index contributed by atoms with van der Waals surface area (Å²) in [4.78, 5) is 16.1. The standard InChI is InChI=1S/C17H31N5O2.HI/c1-16(2,3)24-15(23)21-17(4,5)12-20-14(18-6)19-10-13-8-9-22(7)11-13;/h8-9,11H,10,12H2,1-7H3,(H,21,23)(H2,18,19,20);1H. The van der Waals surface area contributed by atoms with Gasteiger partial charge >= 0.3 is 6.09 Å². The van der Waals surface area contributed by atoms with Gasteiger partial charge in [0, 0.05) is 39.6 Å². The van der Waals surface area contributed by atoms with Crippen LogP contribution in [0.5, 0.6) is 0 Å². The van der Waals surface area contributed by atoms with Gasteiger partial charge in [-0.15, -0.1) is 24.0 Å². The molecule has 0 saturated heterocycles. The molecule has 1 aromatic heterocycles. The van der Waals surface area contributed by atoms with E-state index in [1.165, 1.54) is 5.56 Å². The van der Waals surface area contributed by atoms with Crippen molar-refractivity contribution in [2.45, 2.75) is 52.3 Å². The van der Waals surface area contributed by atoms with E-state index in [2.05, 4.69) is 20.9 Å². The predicted octanol–water partition coefficient (Wildman–Crippen LogP) is 2.61. The lowest BCUT2D eigenvalue weighted by Gasteiger charge is -2.29. The molecule has 0 aromatic carbocycles. The topological polar surface area (TPSA) is 79.7 Å². The first-order valence-corrected chi connectivity index (χ1v) is 8.07. The summed E-state index contributed by atoms with van der Waals surface area (Å²) in [7, 11) is 3.70. The van der Waals surface area contributed by atoms with E-state index in [0.29, 0.717) is 19.0 Å². The third-order valence-corrected chi connectivity index (χ3v) is 3.11. The number of guanidine groups is 1. The summed E-state index contributed by atoms with van der Waals surface area (Å²) in [6, 6.07) is 2.05. The lowest BCUT2D eigenvalue weighted by atomic mass is 10.1. The van der Waals surface area contributed by atoms with Crippen LogP contribution in [-0.2, 0) is 18.3 Å². The van der Waals surface area contributed by atoms with Crippen molar-refractivity contribution in [1.29, 1.82) is 0 Å². The summed E-state index contributed by atoms with van der Waals surface area (Å²) in [6.07, 6.45) is 3.62. The van der Waals surface area contributed by atoms with Crippen LogP contribution in [0.25, 0.3) is 0 Å².